The Kier molecular flexibility index (Phi) is 7.47. The summed E-state index contributed by atoms with van der Waals surface area (Å²) in [5.41, 5.74) is -0.00325. The normalized spacial score (nSPS) is 22.5. The predicted molar refractivity (Wildman–Crippen MR) is 110 cm³/mol. The molecule has 0 spiro atoms. The second-order valence-electron chi connectivity index (χ2n) is 8.75. The van der Waals surface area contributed by atoms with Gasteiger partial charge in [-0.05, 0) is 43.2 Å². The van der Waals surface area contributed by atoms with E-state index >= 15 is 0 Å². The summed E-state index contributed by atoms with van der Waals surface area (Å²) >= 11 is 0. The Labute approximate surface area is 167 Å². The van der Waals surface area contributed by atoms with Gasteiger partial charge < -0.3 is 20.4 Å². The van der Waals surface area contributed by atoms with Crippen LogP contribution in [0.5, 0.6) is 0 Å². The summed E-state index contributed by atoms with van der Waals surface area (Å²) in [6, 6.07) is 7.34. The first kappa shape index (κ1) is 22.2. The summed E-state index contributed by atoms with van der Waals surface area (Å²) in [6.07, 6.45) is 0.385. The summed E-state index contributed by atoms with van der Waals surface area (Å²) in [4.78, 5) is 27.0. The maximum atomic E-state index is 13.2. The minimum absolute atomic E-state index is 0.0353. The van der Waals surface area contributed by atoms with E-state index in [9.17, 15) is 19.8 Å². The predicted octanol–water partition coefficient (Wildman–Crippen LogP) is 3.47. The number of benzene rings is 1. The molecule has 28 heavy (non-hydrogen) atoms. The molecule has 0 aromatic heterocycles. The highest BCUT2D eigenvalue weighted by atomic mass is 16.4. The van der Waals surface area contributed by atoms with Crippen molar-refractivity contribution in [3.63, 3.8) is 0 Å². The van der Waals surface area contributed by atoms with E-state index in [1.165, 1.54) is 0 Å². The van der Waals surface area contributed by atoms with Gasteiger partial charge in [-0.2, -0.15) is 0 Å². The van der Waals surface area contributed by atoms with Gasteiger partial charge in [0.1, 0.15) is 5.41 Å². The van der Waals surface area contributed by atoms with Crippen LogP contribution in [-0.2, 0) is 4.79 Å². The molecular formula is C22H34N2O4. The van der Waals surface area contributed by atoms with Crippen molar-refractivity contribution in [3.05, 3.63) is 29.8 Å². The number of anilines is 1. The number of aliphatic carboxylic acids is 1. The van der Waals surface area contributed by atoms with Crippen LogP contribution in [0.4, 0.5) is 5.69 Å². The fraction of sp³-hybridized carbons (Fsp3) is 0.636. The van der Waals surface area contributed by atoms with Gasteiger partial charge in [0.05, 0.1) is 11.7 Å². The lowest BCUT2D eigenvalue weighted by atomic mass is 9.72. The summed E-state index contributed by atoms with van der Waals surface area (Å²) in [7, 11) is 0. The molecule has 1 aliphatic heterocycles. The van der Waals surface area contributed by atoms with Gasteiger partial charge in [0, 0.05) is 25.3 Å². The van der Waals surface area contributed by atoms with Gasteiger partial charge in [0.25, 0.3) is 5.91 Å². The number of para-hydroxylation sites is 1. The van der Waals surface area contributed by atoms with Gasteiger partial charge in [0.2, 0.25) is 0 Å². The largest absolute Gasteiger partial charge is 0.481 e. The van der Waals surface area contributed by atoms with Crippen molar-refractivity contribution in [2.24, 2.45) is 17.3 Å². The number of hydrogen-bond acceptors (Lipinski definition) is 4. The lowest BCUT2D eigenvalue weighted by molar-refractivity contribution is -0.163. The quantitative estimate of drug-likeness (QED) is 0.632. The van der Waals surface area contributed by atoms with Gasteiger partial charge >= 0.3 is 5.97 Å². The first-order chi connectivity index (χ1) is 13.2. The van der Waals surface area contributed by atoms with Crippen molar-refractivity contribution in [1.82, 2.24) is 4.90 Å². The Bertz CT molecular complexity index is 689. The van der Waals surface area contributed by atoms with E-state index in [2.05, 4.69) is 19.2 Å². The summed E-state index contributed by atoms with van der Waals surface area (Å²) < 4.78 is 0. The molecule has 0 unspecified atom stereocenters. The highest BCUT2D eigenvalue weighted by molar-refractivity contribution is 6.00. The SMILES string of the molecule is CC(C)CC[C@@]1(C(=O)O)CN(C(=O)c2ccccc2NCC(C)C)CC[C@@H]1O. The minimum Gasteiger partial charge on any atom is -0.481 e. The first-order valence-corrected chi connectivity index (χ1v) is 10.2. The minimum atomic E-state index is -1.31. The Morgan fingerprint density at radius 2 is 1.89 bits per heavy atom. The molecule has 156 valence electrons. The Morgan fingerprint density at radius 3 is 2.50 bits per heavy atom. The van der Waals surface area contributed by atoms with Crippen LogP contribution in [0.25, 0.3) is 0 Å². The topological polar surface area (TPSA) is 89.9 Å². The molecule has 0 bridgehead atoms. The molecule has 1 heterocycles. The number of nitrogens with one attached hydrogen (secondary N) is 1. The van der Waals surface area contributed by atoms with Crippen LogP contribution in [0.1, 0.15) is 57.3 Å². The molecule has 0 aliphatic carbocycles. The molecule has 0 saturated carbocycles. The first-order valence-electron chi connectivity index (χ1n) is 10.2. The number of amides is 1. The number of rotatable bonds is 8. The standard InChI is InChI=1S/C22H34N2O4/c1-15(2)9-11-22(21(27)28)14-24(12-10-19(22)25)20(26)17-7-5-6-8-18(17)23-13-16(3)4/h5-8,15-16,19,23,25H,9-14H2,1-4H3,(H,27,28)/t19-,22+/m0/s1. The van der Waals surface area contributed by atoms with E-state index in [-0.39, 0.29) is 18.9 Å². The van der Waals surface area contributed by atoms with Gasteiger partial charge in [-0.3, -0.25) is 9.59 Å². The highest BCUT2D eigenvalue weighted by Gasteiger charge is 2.50. The van der Waals surface area contributed by atoms with Crippen LogP contribution in [0.3, 0.4) is 0 Å². The van der Waals surface area contributed by atoms with E-state index < -0.39 is 17.5 Å². The van der Waals surface area contributed by atoms with Crippen molar-refractivity contribution < 1.29 is 19.8 Å². The van der Waals surface area contributed by atoms with E-state index in [0.29, 0.717) is 36.8 Å². The molecule has 1 amide bonds. The fourth-order valence-corrected chi connectivity index (χ4v) is 3.67. The molecule has 6 nitrogen and oxygen atoms in total. The van der Waals surface area contributed by atoms with E-state index in [1.807, 2.05) is 32.0 Å². The number of likely N-dealkylation sites (tertiary alicyclic amines) is 1. The molecule has 6 heteroatoms. The molecule has 2 atom stereocenters. The van der Waals surface area contributed by atoms with Crippen molar-refractivity contribution in [2.45, 2.75) is 53.1 Å². The summed E-state index contributed by atoms with van der Waals surface area (Å²) in [5.74, 6) is -0.447. The second kappa shape index (κ2) is 9.41. The third kappa shape index (κ3) is 5.04. The van der Waals surface area contributed by atoms with Crippen molar-refractivity contribution in [1.29, 1.82) is 0 Å². The van der Waals surface area contributed by atoms with Crippen LogP contribution < -0.4 is 5.32 Å². The van der Waals surface area contributed by atoms with E-state index in [4.69, 9.17) is 0 Å². The Balaban J connectivity index is 2.25. The molecule has 0 radical (unpaired) electrons. The Morgan fingerprint density at radius 1 is 1.21 bits per heavy atom. The maximum Gasteiger partial charge on any atom is 0.314 e. The third-order valence-electron chi connectivity index (χ3n) is 5.52. The number of carboxylic acid groups (broad SMARTS) is 1. The van der Waals surface area contributed by atoms with Crippen LogP contribution in [0.2, 0.25) is 0 Å². The lowest BCUT2D eigenvalue weighted by Crippen LogP contribution is -2.57. The molecule has 2 rings (SSSR count). The number of carbonyl (C=O) groups is 2. The molecule has 1 aromatic carbocycles. The van der Waals surface area contributed by atoms with Gasteiger partial charge in [-0.1, -0.05) is 39.8 Å². The Hall–Kier alpha value is -2.08. The zero-order chi connectivity index (χ0) is 20.9. The maximum absolute atomic E-state index is 13.2. The van der Waals surface area contributed by atoms with Crippen molar-refractivity contribution in [2.75, 3.05) is 25.0 Å². The van der Waals surface area contributed by atoms with Crippen LogP contribution in [0, 0.1) is 17.3 Å². The number of nitrogens with zero attached hydrogens (tertiary/aromatic N) is 1. The number of piperidine rings is 1. The summed E-state index contributed by atoms with van der Waals surface area (Å²) in [6.45, 7) is 9.40. The van der Waals surface area contributed by atoms with E-state index in [0.717, 1.165) is 12.2 Å². The fourth-order valence-electron chi connectivity index (χ4n) is 3.67. The zero-order valence-electron chi connectivity index (χ0n) is 17.4. The molecule has 3 N–H and O–H groups in total. The van der Waals surface area contributed by atoms with Crippen molar-refractivity contribution in [3.8, 4) is 0 Å². The summed E-state index contributed by atoms with van der Waals surface area (Å²) in [5, 5.41) is 23.8. The number of carboxylic acids is 1. The molecular weight excluding hydrogens is 356 g/mol. The van der Waals surface area contributed by atoms with Crippen LogP contribution in [0.15, 0.2) is 24.3 Å². The zero-order valence-corrected chi connectivity index (χ0v) is 17.4. The van der Waals surface area contributed by atoms with Crippen LogP contribution >= 0.6 is 0 Å². The highest BCUT2D eigenvalue weighted by Crippen LogP contribution is 2.37. The number of aliphatic hydroxyl groups excluding tert-OH is 1. The van der Waals surface area contributed by atoms with Gasteiger partial charge in [0.15, 0.2) is 0 Å². The van der Waals surface area contributed by atoms with E-state index in [1.54, 1.807) is 11.0 Å². The molecule has 1 aliphatic rings. The van der Waals surface area contributed by atoms with Gasteiger partial charge in [-0.25, -0.2) is 0 Å². The molecule has 1 aromatic rings. The number of hydrogen-bond donors (Lipinski definition) is 3. The van der Waals surface area contributed by atoms with Crippen molar-refractivity contribution >= 4 is 17.6 Å². The smallest absolute Gasteiger partial charge is 0.314 e. The number of carbonyl (C=O) groups excluding carboxylic acids is 1. The lowest BCUT2D eigenvalue weighted by Gasteiger charge is -2.43. The third-order valence-corrected chi connectivity index (χ3v) is 5.52. The monoisotopic (exact) mass is 390 g/mol. The molecule has 1 fully saturated rings. The van der Waals surface area contributed by atoms with Gasteiger partial charge in [-0.15, -0.1) is 0 Å². The average Bonchev–Trinajstić information content (AvgIpc) is 2.65. The number of aliphatic hydroxyl groups is 1. The van der Waals surface area contributed by atoms with Crippen LogP contribution in [-0.4, -0.2) is 52.7 Å². The average molecular weight is 391 g/mol. The second-order valence-corrected chi connectivity index (χ2v) is 8.75. The molecule has 1 saturated heterocycles.